The second kappa shape index (κ2) is 8.28. The minimum atomic E-state index is -2.85. The maximum absolute atomic E-state index is 12.7. The first-order valence-corrected chi connectivity index (χ1v) is 8.88. The van der Waals surface area contributed by atoms with Crippen LogP contribution in [0.2, 0.25) is 0 Å². The summed E-state index contributed by atoms with van der Waals surface area (Å²) in [6.45, 7) is 1.97. The smallest absolute Gasteiger partial charge is 0.387 e. The first kappa shape index (κ1) is 19.0. The maximum Gasteiger partial charge on any atom is 0.387 e. The Balaban J connectivity index is 1.65. The summed E-state index contributed by atoms with van der Waals surface area (Å²) in [6.07, 6.45) is 3.22. The summed E-state index contributed by atoms with van der Waals surface area (Å²) in [5.74, 6) is 0.783. The van der Waals surface area contributed by atoms with Gasteiger partial charge in [-0.1, -0.05) is 19.1 Å². The molecule has 1 aromatic heterocycles. The normalized spacial score (nSPS) is 14.6. The van der Waals surface area contributed by atoms with Crippen LogP contribution in [0.5, 0.6) is 5.75 Å². The predicted molar refractivity (Wildman–Crippen MR) is 95.5 cm³/mol. The third-order valence-corrected chi connectivity index (χ3v) is 4.57. The van der Waals surface area contributed by atoms with Gasteiger partial charge in [0.05, 0.1) is 18.3 Å². The summed E-state index contributed by atoms with van der Waals surface area (Å²) in [7, 11) is 0. The summed E-state index contributed by atoms with van der Waals surface area (Å²) in [6, 6.07) is 5.95. The van der Waals surface area contributed by atoms with Crippen LogP contribution in [0.25, 0.3) is 0 Å². The average Bonchev–Trinajstić information content (AvgIpc) is 2.65. The Kier molecular flexibility index (Phi) is 5.83. The van der Waals surface area contributed by atoms with E-state index in [0.717, 1.165) is 23.2 Å². The maximum atomic E-state index is 12.7. The van der Waals surface area contributed by atoms with Crippen molar-refractivity contribution in [1.82, 2.24) is 20.2 Å². The van der Waals surface area contributed by atoms with E-state index < -0.39 is 6.61 Å². The van der Waals surface area contributed by atoms with Gasteiger partial charge in [-0.05, 0) is 43.0 Å². The highest BCUT2D eigenvalue weighted by Crippen LogP contribution is 2.23. The fourth-order valence-electron chi connectivity index (χ4n) is 3.12. The standard InChI is InChI=1S/C19H22F2N4O2/c1-3-16(13-4-6-15(7-5-13)27-18(20)21)24-19(26)25-9-8-14-10-22-12(2)23-17(14)11-25/h4-7,10,16,18H,3,8-9,11H2,1-2H3,(H,24,26)/t16-/m1/s1. The van der Waals surface area contributed by atoms with Gasteiger partial charge >= 0.3 is 12.6 Å². The van der Waals surface area contributed by atoms with E-state index in [-0.39, 0.29) is 17.8 Å². The quantitative estimate of drug-likeness (QED) is 0.866. The molecule has 0 unspecified atom stereocenters. The first-order chi connectivity index (χ1) is 13.0. The molecule has 0 aliphatic carbocycles. The van der Waals surface area contributed by atoms with Crippen LogP contribution in [0, 0.1) is 6.92 Å². The van der Waals surface area contributed by atoms with Crippen molar-refractivity contribution in [2.75, 3.05) is 6.54 Å². The van der Waals surface area contributed by atoms with E-state index in [0.29, 0.717) is 25.3 Å². The molecule has 0 saturated heterocycles. The van der Waals surface area contributed by atoms with Crippen molar-refractivity contribution in [1.29, 1.82) is 0 Å². The Morgan fingerprint density at radius 1 is 1.33 bits per heavy atom. The molecule has 1 N–H and O–H groups in total. The second-order valence-corrected chi connectivity index (χ2v) is 6.42. The summed E-state index contributed by atoms with van der Waals surface area (Å²) in [4.78, 5) is 23.1. The molecule has 144 valence electrons. The number of carbonyl (C=O) groups excluding carboxylic acids is 1. The third kappa shape index (κ3) is 4.69. The van der Waals surface area contributed by atoms with Crippen molar-refractivity contribution in [3.05, 3.63) is 53.1 Å². The van der Waals surface area contributed by atoms with Crippen molar-refractivity contribution in [3.63, 3.8) is 0 Å². The largest absolute Gasteiger partial charge is 0.435 e. The lowest BCUT2D eigenvalue weighted by Crippen LogP contribution is -2.44. The van der Waals surface area contributed by atoms with Crippen LogP contribution < -0.4 is 10.1 Å². The molecule has 2 aromatic rings. The number of halogens is 2. The highest BCUT2D eigenvalue weighted by molar-refractivity contribution is 5.75. The van der Waals surface area contributed by atoms with E-state index in [1.807, 2.05) is 20.0 Å². The SMILES string of the molecule is CC[C@@H](NC(=O)N1CCc2cnc(C)nc2C1)c1ccc(OC(F)F)cc1. The number of hydrogen-bond donors (Lipinski definition) is 1. The first-order valence-electron chi connectivity index (χ1n) is 8.88. The van der Waals surface area contributed by atoms with Gasteiger partial charge in [0.1, 0.15) is 11.6 Å². The lowest BCUT2D eigenvalue weighted by Gasteiger charge is -2.30. The number of carbonyl (C=O) groups is 1. The van der Waals surface area contributed by atoms with Crippen LogP contribution >= 0.6 is 0 Å². The number of fused-ring (bicyclic) bond motifs is 1. The molecule has 0 saturated carbocycles. The van der Waals surface area contributed by atoms with Crippen LogP contribution in [-0.4, -0.2) is 34.1 Å². The van der Waals surface area contributed by atoms with Crippen molar-refractivity contribution >= 4 is 6.03 Å². The van der Waals surface area contributed by atoms with E-state index in [1.54, 1.807) is 17.0 Å². The van der Waals surface area contributed by atoms with Crippen LogP contribution in [0.1, 0.15) is 42.0 Å². The Bertz CT molecular complexity index is 799. The van der Waals surface area contributed by atoms with Gasteiger partial charge < -0.3 is 15.0 Å². The fraction of sp³-hybridized carbons (Fsp3) is 0.421. The number of ether oxygens (including phenoxy) is 1. The molecule has 0 fully saturated rings. The molecule has 8 heteroatoms. The summed E-state index contributed by atoms with van der Waals surface area (Å²) < 4.78 is 28.9. The van der Waals surface area contributed by atoms with Gasteiger partial charge in [-0.3, -0.25) is 0 Å². The minimum Gasteiger partial charge on any atom is -0.435 e. The third-order valence-electron chi connectivity index (χ3n) is 4.57. The number of aromatic nitrogens is 2. The average molecular weight is 376 g/mol. The molecule has 0 radical (unpaired) electrons. The van der Waals surface area contributed by atoms with Gasteiger partial charge in [0, 0.05) is 12.7 Å². The molecule has 1 aliphatic heterocycles. The van der Waals surface area contributed by atoms with Gasteiger partial charge in [-0.15, -0.1) is 0 Å². The van der Waals surface area contributed by atoms with E-state index >= 15 is 0 Å². The summed E-state index contributed by atoms with van der Waals surface area (Å²) in [5.41, 5.74) is 2.79. The molecule has 0 bridgehead atoms. The number of nitrogens with zero attached hydrogens (tertiary/aromatic N) is 3. The highest BCUT2D eigenvalue weighted by Gasteiger charge is 2.24. The van der Waals surface area contributed by atoms with Gasteiger partial charge in [-0.25, -0.2) is 14.8 Å². The number of rotatable bonds is 5. The zero-order valence-electron chi connectivity index (χ0n) is 15.3. The molecule has 27 heavy (non-hydrogen) atoms. The Morgan fingerprint density at radius 3 is 2.74 bits per heavy atom. The van der Waals surface area contributed by atoms with Crippen molar-refractivity contribution in [2.24, 2.45) is 0 Å². The molecule has 6 nitrogen and oxygen atoms in total. The molecular weight excluding hydrogens is 354 g/mol. The van der Waals surface area contributed by atoms with E-state index in [9.17, 15) is 13.6 Å². The molecular formula is C19H22F2N4O2. The lowest BCUT2D eigenvalue weighted by atomic mass is 10.0. The number of alkyl halides is 2. The monoisotopic (exact) mass is 376 g/mol. The van der Waals surface area contributed by atoms with E-state index in [1.165, 1.54) is 12.1 Å². The lowest BCUT2D eigenvalue weighted by molar-refractivity contribution is -0.0498. The summed E-state index contributed by atoms with van der Waals surface area (Å²) in [5, 5.41) is 3.01. The topological polar surface area (TPSA) is 67.4 Å². The zero-order valence-corrected chi connectivity index (χ0v) is 15.3. The number of benzene rings is 1. The molecule has 3 rings (SSSR count). The van der Waals surface area contributed by atoms with Gasteiger partial charge in [0.15, 0.2) is 0 Å². The highest BCUT2D eigenvalue weighted by atomic mass is 19.3. The van der Waals surface area contributed by atoms with Gasteiger partial charge in [0.25, 0.3) is 0 Å². The van der Waals surface area contributed by atoms with Gasteiger partial charge in [-0.2, -0.15) is 8.78 Å². The number of hydrogen-bond acceptors (Lipinski definition) is 4. The Morgan fingerprint density at radius 2 is 2.07 bits per heavy atom. The predicted octanol–water partition coefficient (Wildman–Crippen LogP) is 3.61. The van der Waals surface area contributed by atoms with Crippen molar-refractivity contribution in [2.45, 2.75) is 45.9 Å². The molecule has 0 spiro atoms. The van der Waals surface area contributed by atoms with Gasteiger partial charge in [0.2, 0.25) is 0 Å². The number of nitrogens with one attached hydrogen (secondary N) is 1. The second-order valence-electron chi connectivity index (χ2n) is 6.42. The van der Waals surface area contributed by atoms with E-state index in [2.05, 4.69) is 20.0 Å². The molecule has 1 atom stereocenters. The molecule has 2 amide bonds. The molecule has 2 heterocycles. The van der Waals surface area contributed by atoms with Crippen LogP contribution in [-0.2, 0) is 13.0 Å². The molecule has 1 aliphatic rings. The van der Waals surface area contributed by atoms with Crippen molar-refractivity contribution in [3.8, 4) is 5.75 Å². The number of urea groups is 1. The fourth-order valence-corrected chi connectivity index (χ4v) is 3.12. The van der Waals surface area contributed by atoms with Crippen molar-refractivity contribution < 1.29 is 18.3 Å². The van der Waals surface area contributed by atoms with Crippen LogP contribution in [0.15, 0.2) is 30.5 Å². The van der Waals surface area contributed by atoms with Crippen LogP contribution in [0.4, 0.5) is 13.6 Å². The molecule has 1 aromatic carbocycles. The van der Waals surface area contributed by atoms with E-state index in [4.69, 9.17) is 0 Å². The van der Waals surface area contributed by atoms with Crippen LogP contribution in [0.3, 0.4) is 0 Å². The number of amides is 2. The Hall–Kier alpha value is -2.77. The minimum absolute atomic E-state index is 0.0950. The zero-order chi connectivity index (χ0) is 19.4. The number of aryl methyl sites for hydroxylation is 1. The Labute approximate surface area is 156 Å². The summed E-state index contributed by atoms with van der Waals surface area (Å²) >= 11 is 0.